The van der Waals surface area contributed by atoms with Crippen LogP contribution in [0.25, 0.3) is 11.0 Å². The molecule has 0 aliphatic heterocycles. The predicted molar refractivity (Wildman–Crippen MR) is 90.2 cm³/mol. The molecule has 0 radical (unpaired) electrons. The zero-order valence-corrected chi connectivity index (χ0v) is 14.4. The minimum Gasteiger partial charge on any atom is -0.327 e. The quantitative estimate of drug-likeness (QED) is 0.650. The number of hydrogen-bond acceptors (Lipinski definition) is 4. The molecule has 0 bridgehead atoms. The Bertz CT molecular complexity index is 933. The Kier molecular flexibility index (Phi) is 4.32. The van der Waals surface area contributed by atoms with Crippen LogP contribution in [0, 0.1) is 6.92 Å². The van der Waals surface area contributed by atoms with Crippen molar-refractivity contribution in [2.24, 2.45) is 0 Å². The Labute approximate surface area is 146 Å². The molecule has 1 N–H and O–H groups in total. The van der Waals surface area contributed by atoms with Gasteiger partial charge in [0.25, 0.3) is 0 Å². The number of rotatable bonds is 3. The monoisotopic (exact) mass is 369 g/mol. The van der Waals surface area contributed by atoms with Crippen LogP contribution in [0.1, 0.15) is 31.1 Å². The Hall–Kier alpha value is -2.35. The van der Waals surface area contributed by atoms with E-state index in [1.54, 1.807) is 0 Å². The molecule has 0 aliphatic carbocycles. The number of fused-ring (bicyclic) bond motifs is 1. The number of hydrogen-bond donors (Lipinski definition) is 1. The number of alkyl halides is 3. The molecule has 0 saturated heterocycles. The summed E-state index contributed by atoms with van der Waals surface area (Å²) in [6, 6.07) is 3.84. The summed E-state index contributed by atoms with van der Waals surface area (Å²) in [5.74, 6) is 0.338. The average molecular weight is 370 g/mol. The van der Waals surface area contributed by atoms with Gasteiger partial charge < -0.3 is 9.88 Å². The van der Waals surface area contributed by atoms with Gasteiger partial charge in [-0.3, -0.25) is 0 Å². The fourth-order valence-corrected chi connectivity index (χ4v) is 2.90. The highest BCUT2D eigenvalue weighted by molar-refractivity contribution is 6.28. The van der Waals surface area contributed by atoms with Gasteiger partial charge in [0.05, 0.1) is 10.9 Å². The van der Waals surface area contributed by atoms with Gasteiger partial charge in [-0.05, 0) is 50.6 Å². The molecule has 132 valence electrons. The van der Waals surface area contributed by atoms with Gasteiger partial charge in [0.1, 0.15) is 17.3 Å². The molecule has 3 aromatic heterocycles. The standard InChI is InChI=1S/C16H15ClF3N5/c1-8(2)25-9(3)6-11-13(23-15(17)24-14(11)25)22-12-7-10(4-5-21-12)16(18,19)20/h4-8H,1-3H3,(H,21,22,23,24). The number of pyridine rings is 1. The van der Waals surface area contributed by atoms with Gasteiger partial charge in [-0.15, -0.1) is 0 Å². The van der Waals surface area contributed by atoms with Crippen LogP contribution in [0.2, 0.25) is 5.28 Å². The summed E-state index contributed by atoms with van der Waals surface area (Å²) in [5, 5.41) is 3.48. The Balaban J connectivity index is 2.10. The largest absolute Gasteiger partial charge is 0.416 e. The summed E-state index contributed by atoms with van der Waals surface area (Å²) in [6.45, 7) is 5.93. The second kappa shape index (κ2) is 6.18. The minimum atomic E-state index is -4.45. The molecule has 0 atom stereocenters. The van der Waals surface area contributed by atoms with Crippen molar-refractivity contribution in [3.8, 4) is 0 Å². The molecule has 0 saturated carbocycles. The zero-order valence-electron chi connectivity index (χ0n) is 13.7. The van der Waals surface area contributed by atoms with Gasteiger partial charge in [-0.2, -0.15) is 23.1 Å². The predicted octanol–water partition coefficient (Wildman–Crippen LogP) is 5.13. The van der Waals surface area contributed by atoms with E-state index in [0.717, 1.165) is 24.0 Å². The lowest BCUT2D eigenvalue weighted by Crippen LogP contribution is -2.07. The molecule has 0 aromatic carbocycles. The Morgan fingerprint density at radius 2 is 1.92 bits per heavy atom. The van der Waals surface area contributed by atoms with Gasteiger partial charge >= 0.3 is 6.18 Å². The highest BCUT2D eigenvalue weighted by Crippen LogP contribution is 2.32. The van der Waals surface area contributed by atoms with Gasteiger partial charge in [0, 0.05) is 17.9 Å². The summed E-state index contributed by atoms with van der Waals surface area (Å²) >= 11 is 6.00. The van der Waals surface area contributed by atoms with Gasteiger partial charge in [0.15, 0.2) is 0 Å². The summed E-state index contributed by atoms with van der Waals surface area (Å²) in [4.78, 5) is 12.3. The third-order valence-electron chi connectivity index (χ3n) is 3.71. The van der Waals surface area contributed by atoms with Crippen molar-refractivity contribution in [2.75, 3.05) is 5.32 Å². The van der Waals surface area contributed by atoms with Gasteiger partial charge in [0.2, 0.25) is 5.28 Å². The van der Waals surface area contributed by atoms with Crippen LogP contribution in [0.5, 0.6) is 0 Å². The summed E-state index contributed by atoms with van der Waals surface area (Å²) in [5.41, 5.74) is 0.765. The smallest absolute Gasteiger partial charge is 0.327 e. The zero-order chi connectivity index (χ0) is 18.4. The first-order valence-electron chi connectivity index (χ1n) is 7.52. The molecular weight excluding hydrogens is 355 g/mol. The second-order valence-corrected chi connectivity index (χ2v) is 6.22. The first-order chi connectivity index (χ1) is 11.7. The number of anilines is 2. The molecule has 0 fully saturated rings. The molecule has 0 spiro atoms. The van der Waals surface area contributed by atoms with Gasteiger partial charge in [-0.1, -0.05) is 0 Å². The number of aryl methyl sites for hydroxylation is 1. The fourth-order valence-electron chi connectivity index (χ4n) is 2.74. The normalized spacial score (nSPS) is 12.2. The first kappa shape index (κ1) is 17.5. The van der Waals surface area contributed by atoms with Crippen molar-refractivity contribution < 1.29 is 13.2 Å². The summed E-state index contributed by atoms with van der Waals surface area (Å²) in [7, 11) is 0. The molecule has 25 heavy (non-hydrogen) atoms. The first-order valence-corrected chi connectivity index (χ1v) is 7.90. The SMILES string of the molecule is Cc1cc2c(Nc3cc(C(F)(F)F)ccn3)nc(Cl)nc2n1C(C)C. The van der Waals surface area contributed by atoms with E-state index < -0.39 is 11.7 Å². The van der Waals surface area contributed by atoms with Crippen LogP contribution in [0.15, 0.2) is 24.4 Å². The van der Waals surface area contributed by atoms with E-state index in [4.69, 9.17) is 11.6 Å². The van der Waals surface area contributed by atoms with E-state index in [9.17, 15) is 13.2 Å². The fraction of sp³-hybridized carbons (Fsp3) is 0.312. The van der Waals surface area contributed by atoms with E-state index in [0.29, 0.717) is 16.9 Å². The molecule has 3 rings (SSSR count). The van der Waals surface area contributed by atoms with Crippen LogP contribution >= 0.6 is 11.6 Å². The van der Waals surface area contributed by atoms with E-state index in [-0.39, 0.29) is 17.1 Å². The van der Waals surface area contributed by atoms with Gasteiger partial charge in [-0.25, -0.2) is 4.98 Å². The molecule has 0 aliphatic rings. The number of nitrogens with zero attached hydrogens (tertiary/aromatic N) is 4. The number of aromatic nitrogens is 4. The molecule has 5 nitrogen and oxygen atoms in total. The molecule has 0 amide bonds. The van der Waals surface area contributed by atoms with Crippen LogP contribution in [-0.4, -0.2) is 19.5 Å². The van der Waals surface area contributed by atoms with Crippen molar-refractivity contribution in [2.45, 2.75) is 33.0 Å². The van der Waals surface area contributed by atoms with Crippen molar-refractivity contribution in [3.63, 3.8) is 0 Å². The number of nitrogens with one attached hydrogen (secondary N) is 1. The van der Waals surface area contributed by atoms with E-state index in [2.05, 4.69) is 20.3 Å². The lowest BCUT2D eigenvalue weighted by Gasteiger charge is -2.13. The van der Waals surface area contributed by atoms with Crippen LogP contribution in [-0.2, 0) is 6.18 Å². The minimum absolute atomic E-state index is 0.00183. The van der Waals surface area contributed by atoms with Crippen molar-refractivity contribution >= 4 is 34.3 Å². The maximum absolute atomic E-state index is 12.9. The lowest BCUT2D eigenvalue weighted by molar-refractivity contribution is -0.137. The second-order valence-electron chi connectivity index (χ2n) is 5.88. The van der Waals surface area contributed by atoms with Crippen LogP contribution < -0.4 is 5.32 Å². The lowest BCUT2D eigenvalue weighted by atomic mass is 10.2. The highest BCUT2D eigenvalue weighted by atomic mass is 35.5. The maximum Gasteiger partial charge on any atom is 0.416 e. The topological polar surface area (TPSA) is 55.6 Å². The average Bonchev–Trinajstić information content (AvgIpc) is 2.83. The molecule has 3 heterocycles. The Morgan fingerprint density at radius 3 is 2.56 bits per heavy atom. The molecular formula is C16H15ClF3N5. The molecule has 9 heteroatoms. The molecule has 3 aromatic rings. The van der Waals surface area contributed by atoms with Crippen LogP contribution in [0.4, 0.5) is 24.8 Å². The maximum atomic E-state index is 12.9. The van der Waals surface area contributed by atoms with E-state index in [1.165, 1.54) is 0 Å². The van der Waals surface area contributed by atoms with E-state index in [1.807, 2.05) is 31.4 Å². The third kappa shape index (κ3) is 3.39. The third-order valence-corrected chi connectivity index (χ3v) is 3.88. The van der Waals surface area contributed by atoms with Crippen molar-refractivity contribution in [3.05, 3.63) is 40.9 Å². The molecule has 0 unspecified atom stereocenters. The number of halogens is 4. The summed E-state index contributed by atoms with van der Waals surface area (Å²) in [6.07, 6.45) is -3.36. The van der Waals surface area contributed by atoms with E-state index >= 15 is 0 Å². The Morgan fingerprint density at radius 1 is 1.20 bits per heavy atom. The van der Waals surface area contributed by atoms with Crippen molar-refractivity contribution in [1.29, 1.82) is 0 Å². The highest BCUT2D eigenvalue weighted by Gasteiger charge is 2.30. The van der Waals surface area contributed by atoms with Crippen LogP contribution in [0.3, 0.4) is 0 Å². The summed E-state index contributed by atoms with van der Waals surface area (Å²) < 4.78 is 40.6. The van der Waals surface area contributed by atoms with Crippen molar-refractivity contribution in [1.82, 2.24) is 19.5 Å².